The molecule has 2 rings (SSSR count). The second kappa shape index (κ2) is 7.89. The molecule has 10 heteroatoms. The lowest BCUT2D eigenvalue weighted by Crippen LogP contribution is -2.23. The van der Waals surface area contributed by atoms with Crippen LogP contribution in [0.3, 0.4) is 0 Å². The normalized spacial score (nSPS) is 11.3. The predicted octanol–water partition coefficient (Wildman–Crippen LogP) is 3.61. The Morgan fingerprint density at radius 3 is 1.58 bits per heavy atom. The van der Waals surface area contributed by atoms with Crippen molar-refractivity contribution >= 4 is 11.8 Å². The Labute approximate surface area is 143 Å². The summed E-state index contributed by atoms with van der Waals surface area (Å²) in [7, 11) is 0. The van der Waals surface area contributed by atoms with E-state index in [2.05, 4.69) is 5.73 Å². The summed E-state index contributed by atoms with van der Waals surface area (Å²) in [5, 5.41) is 0. The molecule has 0 aliphatic rings. The van der Waals surface area contributed by atoms with Gasteiger partial charge in [-0.05, 0) is 24.3 Å². The molecule has 0 atom stereocenters. The van der Waals surface area contributed by atoms with Crippen LogP contribution >= 0.6 is 0 Å². The molecule has 0 bridgehead atoms. The van der Waals surface area contributed by atoms with E-state index in [0.717, 1.165) is 0 Å². The highest BCUT2D eigenvalue weighted by Crippen LogP contribution is 2.41. The minimum atomic E-state index is -5.31. The summed E-state index contributed by atoms with van der Waals surface area (Å²) in [5.74, 6) is -1.95. The first-order valence-electron chi connectivity index (χ1n) is 6.77. The van der Waals surface area contributed by atoms with Crippen LogP contribution in [0.4, 0.5) is 26.3 Å². The fraction of sp³-hybridized carbons (Fsp3) is 0.125. The van der Waals surface area contributed by atoms with Crippen LogP contribution in [0.15, 0.2) is 48.5 Å². The molecule has 2 aromatic carbocycles. The van der Waals surface area contributed by atoms with Crippen LogP contribution in [0.2, 0.25) is 0 Å². The van der Waals surface area contributed by atoms with Crippen molar-refractivity contribution in [2.24, 2.45) is 11.5 Å². The van der Waals surface area contributed by atoms with Crippen LogP contribution in [0.25, 0.3) is 0 Å². The van der Waals surface area contributed by atoms with Gasteiger partial charge in [0.1, 0.15) is 0 Å². The summed E-state index contributed by atoms with van der Waals surface area (Å²) in [6, 6.07) is 10.3. The molecule has 0 spiro atoms. The lowest BCUT2D eigenvalue weighted by molar-refractivity contribution is -0.162. The maximum Gasteiger partial charge on any atom is 0.417 e. The summed E-state index contributed by atoms with van der Waals surface area (Å²) in [6.45, 7) is 0. The summed E-state index contributed by atoms with van der Waals surface area (Å²) in [5.41, 5.74) is 4.96. The van der Waals surface area contributed by atoms with E-state index in [0.29, 0.717) is 17.7 Å². The molecular formula is C16H12F6N2O2. The topological polar surface area (TPSA) is 86.2 Å². The number of alkyl halides is 6. The summed E-state index contributed by atoms with van der Waals surface area (Å²) in [6.07, 6.45) is -10.5. The first-order chi connectivity index (χ1) is 11.9. The van der Waals surface area contributed by atoms with Gasteiger partial charge in [-0.1, -0.05) is 24.3 Å². The highest BCUT2D eigenvalue weighted by molar-refractivity contribution is 5.95. The van der Waals surface area contributed by atoms with Crippen molar-refractivity contribution in [3.8, 4) is 0 Å². The molecule has 0 unspecified atom stereocenters. The number of hydrogen-bond acceptors (Lipinski definition) is 2. The van der Waals surface area contributed by atoms with Gasteiger partial charge in [-0.3, -0.25) is 9.59 Å². The van der Waals surface area contributed by atoms with Crippen molar-refractivity contribution in [1.82, 2.24) is 0 Å². The molecule has 0 fully saturated rings. The molecule has 140 valence electrons. The van der Waals surface area contributed by atoms with Crippen LogP contribution < -0.4 is 11.5 Å². The molecule has 0 heterocycles. The third kappa shape index (κ3) is 5.50. The molecule has 0 aliphatic carbocycles. The van der Waals surface area contributed by atoms with E-state index in [9.17, 15) is 35.9 Å². The Morgan fingerprint density at radius 2 is 1.23 bits per heavy atom. The van der Waals surface area contributed by atoms with Gasteiger partial charge < -0.3 is 11.5 Å². The molecule has 2 aromatic rings. The quantitative estimate of drug-likeness (QED) is 0.783. The van der Waals surface area contributed by atoms with E-state index in [1.807, 2.05) is 6.07 Å². The Bertz CT molecular complexity index is 786. The zero-order valence-corrected chi connectivity index (χ0v) is 12.9. The highest BCUT2D eigenvalue weighted by atomic mass is 19.4. The largest absolute Gasteiger partial charge is 0.417 e. The number of primary amides is 2. The molecule has 0 aliphatic heterocycles. The second-order valence-corrected chi connectivity index (χ2v) is 4.82. The third-order valence-corrected chi connectivity index (χ3v) is 2.98. The molecule has 2 amide bonds. The van der Waals surface area contributed by atoms with Gasteiger partial charge in [0.05, 0.1) is 16.7 Å². The number of carbonyl (C=O) groups excluding carboxylic acids is 2. The van der Waals surface area contributed by atoms with Crippen LogP contribution in [0, 0.1) is 0 Å². The van der Waals surface area contributed by atoms with Crippen LogP contribution in [0.5, 0.6) is 0 Å². The molecule has 26 heavy (non-hydrogen) atoms. The van der Waals surface area contributed by atoms with Gasteiger partial charge in [-0.2, -0.15) is 26.3 Å². The standard InChI is InChI=1S/C9H5F6NO.C7H7NO/c10-8(11,12)5-3-1-2-4(7(16)17)6(5)9(13,14)15;8-7(9)6-4-2-1-3-5-6/h1-3H,(H2,16,17);1-5H,(H2,8,9). The zero-order chi connectivity index (χ0) is 20.1. The number of rotatable bonds is 2. The third-order valence-electron chi connectivity index (χ3n) is 2.98. The average molecular weight is 378 g/mol. The minimum absolute atomic E-state index is 0.245. The first-order valence-corrected chi connectivity index (χ1v) is 6.77. The van der Waals surface area contributed by atoms with E-state index in [4.69, 9.17) is 5.73 Å². The van der Waals surface area contributed by atoms with E-state index in [-0.39, 0.29) is 12.0 Å². The number of halogens is 6. The lowest BCUT2D eigenvalue weighted by atomic mass is 9.99. The summed E-state index contributed by atoms with van der Waals surface area (Å²) in [4.78, 5) is 21.1. The molecule has 0 saturated carbocycles. The van der Waals surface area contributed by atoms with Crippen molar-refractivity contribution < 1.29 is 35.9 Å². The highest BCUT2D eigenvalue weighted by Gasteiger charge is 2.45. The van der Waals surface area contributed by atoms with Gasteiger partial charge in [-0.15, -0.1) is 0 Å². The van der Waals surface area contributed by atoms with Gasteiger partial charge in [0, 0.05) is 5.56 Å². The Hall–Kier alpha value is -3.04. The molecule has 4 nitrogen and oxygen atoms in total. The van der Waals surface area contributed by atoms with Crippen molar-refractivity contribution in [2.45, 2.75) is 12.4 Å². The molecule has 0 radical (unpaired) electrons. The van der Waals surface area contributed by atoms with E-state index >= 15 is 0 Å². The Kier molecular flexibility index (Phi) is 6.38. The van der Waals surface area contributed by atoms with Crippen LogP contribution in [-0.2, 0) is 12.4 Å². The van der Waals surface area contributed by atoms with Gasteiger partial charge in [0.15, 0.2) is 0 Å². The van der Waals surface area contributed by atoms with Crippen LogP contribution in [0.1, 0.15) is 31.8 Å². The molecule has 4 N–H and O–H groups in total. The zero-order valence-electron chi connectivity index (χ0n) is 12.9. The Morgan fingerprint density at radius 1 is 0.692 bits per heavy atom. The fourth-order valence-corrected chi connectivity index (χ4v) is 1.90. The molecular weight excluding hydrogens is 366 g/mol. The molecule has 0 saturated heterocycles. The van der Waals surface area contributed by atoms with Crippen molar-refractivity contribution in [2.75, 3.05) is 0 Å². The van der Waals surface area contributed by atoms with Gasteiger partial charge in [0.2, 0.25) is 11.8 Å². The molecule has 0 aromatic heterocycles. The van der Waals surface area contributed by atoms with E-state index < -0.39 is 35.0 Å². The van der Waals surface area contributed by atoms with Gasteiger partial charge >= 0.3 is 12.4 Å². The SMILES string of the molecule is NC(=O)c1cccc(C(F)(F)F)c1C(F)(F)F.NC(=O)c1ccccc1. The van der Waals surface area contributed by atoms with E-state index in [1.165, 1.54) is 0 Å². The number of hydrogen-bond donors (Lipinski definition) is 2. The first kappa shape index (κ1) is 21.0. The van der Waals surface area contributed by atoms with E-state index in [1.54, 1.807) is 24.3 Å². The second-order valence-electron chi connectivity index (χ2n) is 4.82. The maximum atomic E-state index is 12.5. The van der Waals surface area contributed by atoms with Crippen molar-refractivity contribution in [1.29, 1.82) is 0 Å². The number of carbonyl (C=O) groups is 2. The number of nitrogens with two attached hydrogens (primary N) is 2. The Balaban J connectivity index is 0.000000314. The fourth-order valence-electron chi connectivity index (χ4n) is 1.90. The summed E-state index contributed by atoms with van der Waals surface area (Å²) < 4.78 is 74.6. The average Bonchev–Trinajstić information content (AvgIpc) is 2.54. The maximum absolute atomic E-state index is 12.5. The van der Waals surface area contributed by atoms with Gasteiger partial charge in [0.25, 0.3) is 0 Å². The monoisotopic (exact) mass is 378 g/mol. The van der Waals surface area contributed by atoms with Crippen LogP contribution in [-0.4, -0.2) is 11.8 Å². The minimum Gasteiger partial charge on any atom is -0.366 e. The van der Waals surface area contributed by atoms with Gasteiger partial charge in [-0.25, -0.2) is 0 Å². The predicted molar refractivity (Wildman–Crippen MR) is 79.9 cm³/mol. The number of benzene rings is 2. The van der Waals surface area contributed by atoms with Crippen molar-refractivity contribution in [3.63, 3.8) is 0 Å². The smallest absolute Gasteiger partial charge is 0.366 e. The van der Waals surface area contributed by atoms with Crippen molar-refractivity contribution in [3.05, 3.63) is 70.8 Å². The number of amides is 2. The lowest BCUT2D eigenvalue weighted by Gasteiger charge is -2.17. The summed E-state index contributed by atoms with van der Waals surface area (Å²) >= 11 is 0.